The van der Waals surface area contributed by atoms with Gasteiger partial charge in [0.25, 0.3) is 0 Å². The molecular formula is C34H61OSi2Y. The van der Waals surface area contributed by atoms with E-state index >= 15 is 0 Å². The van der Waals surface area contributed by atoms with Gasteiger partial charge >= 0.3 is 32.7 Å². The molecule has 2 aromatic carbocycles. The molecule has 0 saturated heterocycles. The maximum atomic E-state index is 6.06. The molecule has 0 radical (unpaired) electrons. The summed E-state index contributed by atoms with van der Waals surface area (Å²) in [5.41, 5.74) is 6.96. The Balaban J connectivity index is 0. The molecular weight excluding hydrogens is 569 g/mol. The third-order valence-electron chi connectivity index (χ3n) is 6.14. The van der Waals surface area contributed by atoms with Crippen LogP contribution in [0.5, 0.6) is 5.75 Å². The summed E-state index contributed by atoms with van der Waals surface area (Å²) >= 11 is 0. The van der Waals surface area contributed by atoms with Gasteiger partial charge in [0.1, 0.15) is 5.75 Å². The summed E-state index contributed by atoms with van der Waals surface area (Å²) in [5, 5.41) is 0. The molecule has 1 nitrogen and oxygen atoms in total. The molecule has 0 aromatic heterocycles. The Hall–Kier alpha value is -0.0923. The fourth-order valence-electron chi connectivity index (χ4n) is 4.31. The van der Waals surface area contributed by atoms with Crippen LogP contribution in [0, 0.1) is 20.0 Å². The monoisotopic (exact) mass is 630 g/mol. The zero-order valence-corrected chi connectivity index (χ0v) is 33.0. The summed E-state index contributed by atoms with van der Waals surface area (Å²) in [6.07, 6.45) is 2.11. The summed E-state index contributed by atoms with van der Waals surface area (Å²) < 4.78 is 6.06. The number of methoxy groups -OCH3 is 1. The molecule has 4 heteroatoms. The minimum atomic E-state index is -0.861. The van der Waals surface area contributed by atoms with Gasteiger partial charge in [0.15, 0.2) is 0 Å². The average molecular weight is 631 g/mol. The van der Waals surface area contributed by atoms with Gasteiger partial charge in [0, 0.05) is 0 Å². The standard InChI is InChI=1S/C26H39O.2C4H11Si.Y/c1-11-26(12-2,20-14-13-19(17-20)24(4,5)6)22-16-18(3)15-21(23(22)27-10)25(7,8)9;2*1-5(2,3)4;/h13-17H,11-12H2,1-10H3;2*1H2,2-4H3;/q3*-1;+3. The number of ether oxygens (including phenoxy) is 1. The van der Waals surface area contributed by atoms with Crippen LogP contribution >= 0.6 is 0 Å². The van der Waals surface area contributed by atoms with Crippen molar-refractivity contribution in [1.82, 2.24) is 0 Å². The van der Waals surface area contributed by atoms with E-state index in [2.05, 4.69) is 145 Å². The Labute approximate surface area is 266 Å². The van der Waals surface area contributed by atoms with Crippen LogP contribution in [0.25, 0.3) is 0 Å². The van der Waals surface area contributed by atoms with E-state index in [9.17, 15) is 0 Å². The molecule has 0 unspecified atom stereocenters. The van der Waals surface area contributed by atoms with Crippen molar-refractivity contribution in [3.8, 4) is 5.75 Å². The fraction of sp³-hybridized carbons (Fsp3) is 0.618. The first-order chi connectivity index (χ1) is 16.4. The van der Waals surface area contributed by atoms with Gasteiger partial charge in [0.05, 0.1) is 7.11 Å². The summed E-state index contributed by atoms with van der Waals surface area (Å²) in [6.45, 7) is 41.6. The number of benzene rings is 1. The number of aryl methyl sites for hydroxylation is 1. The van der Waals surface area contributed by atoms with E-state index in [0.717, 1.165) is 18.6 Å². The van der Waals surface area contributed by atoms with Crippen molar-refractivity contribution in [1.29, 1.82) is 0 Å². The Morgan fingerprint density at radius 2 is 1.18 bits per heavy atom. The predicted octanol–water partition coefficient (Wildman–Crippen LogP) is 10.8. The molecule has 0 fully saturated rings. The molecule has 0 amide bonds. The Morgan fingerprint density at radius 1 is 0.789 bits per heavy atom. The van der Waals surface area contributed by atoms with E-state index in [1.165, 1.54) is 27.8 Å². The second-order valence-electron chi connectivity index (χ2n) is 15.2. The number of hydrogen-bond acceptors (Lipinski definition) is 1. The zero-order chi connectivity index (χ0) is 29.6. The van der Waals surface area contributed by atoms with Crippen molar-refractivity contribution in [2.75, 3.05) is 7.11 Å². The Kier molecular flexibility index (Phi) is 16.0. The van der Waals surface area contributed by atoms with Crippen molar-refractivity contribution in [2.24, 2.45) is 0 Å². The molecule has 0 N–H and O–H groups in total. The van der Waals surface area contributed by atoms with Gasteiger partial charge in [-0.15, -0.1) is 21.7 Å². The first-order valence-corrected chi connectivity index (χ1v) is 21.5. The molecule has 0 spiro atoms. The molecule has 0 heterocycles. The minimum absolute atomic E-state index is 0. The topological polar surface area (TPSA) is 9.23 Å². The second kappa shape index (κ2) is 15.2. The van der Waals surface area contributed by atoms with E-state index in [1.807, 2.05) is 7.11 Å². The third kappa shape index (κ3) is 13.5. The van der Waals surface area contributed by atoms with Crippen LogP contribution in [0.2, 0.25) is 39.3 Å². The van der Waals surface area contributed by atoms with Crippen molar-refractivity contribution in [2.45, 2.75) is 131 Å². The predicted molar refractivity (Wildman–Crippen MR) is 176 cm³/mol. The van der Waals surface area contributed by atoms with Gasteiger partial charge < -0.3 is 17.8 Å². The van der Waals surface area contributed by atoms with Gasteiger partial charge in [0.2, 0.25) is 0 Å². The first-order valence-electron chi connectivity index (χ1n) is 14.1. The maximum absolute atomic E-state index is 6.06. The van der Waals surface area contributed by atoms with Crippen molar-refractivity contribution in [3.05, 3.63) is 71.2 Å². The summed E-state index contributed by atoms with van der Waals surface area (Å²) in [6, 6.07) is 11.7. The van der Waals surface area contributed by atoms with Crippen LogP contribution in [-0.2, 0) is 49.0 Å². The second-order valence-corrected chi connectivity index (χ2v) is 25.4. The van der Waals surface area contributed by atoms with Crippen LogP contribution in [0.3, 0.4) is 0 Å². The van der Waals surface area contributed by atoms with Gasteiger partial charge in [-0.05, 0) is 28.9 Å². The fourth-order valence-corrected chi connectivity index (χ4v) is 4.31. The maximum Gasteiger partial charge on any atom is 3.00 e. The van der Waals surface area contributed by atoms with Crippen LogP contribution in [-0.4, -0.2) is 23.3 Å². The molecule has 2 aromatic rings. The van der Waals surface area contributed by atoms with Gasteiger partial charge in [-0.1, -0.05) is 131 Å². The normalized spacial score (nSPS) is 12.5. The Bertz CT molecular complexity index is 932. The Morgan fingerprint density at radius 3 is 1.47 bits per heavy atom. The van der Waals surface area contributed by atoms with E-state index < -0.39 is 16.1 Å². The molecule has 2 rings (SSSR count). The van der Waals surface area contributed by atoms with Crippen LogP contribution in [0.4, 0.5) is 0 Å². The molecule has 0 bridgehead atoms. The number of rotatable bonds is 5. The van der Waals surface area contributed by atoms with Gasteiger partial charge in [-0.25, -0.2) is 6.07 Å². The molecule has 0 saturated carbocycles. The van der Waals surface area contributed by atoms with Crippen molar-refractivity contribution in [3.63, 3.8) is 0 Å². The SMILES string of the molecule is CCC(CC)(c1cc(C)cc(C(C)(C)C)c1OC)[c-]1ccc(C(C)(C)C)c1.[CH2-][Si](C)(C)C.[CH2-][Si](C)(C)C.[Y+3]. The van der Waals surface area contributed by atoms with Crippen LogP contribution in [0.15, 0.2) is 30.3 Å². The smallest absolute Gasteiger partial charge is 0.496 e. The van der Waals surface area contributed by atoms with Crippen LogP contribution in [0.1, 0.15) is 96.0 Å². The minimum Gasteiger partial charge on any atom is -0.496 e. The van der Waals surface area contributed by atoms with Crippen LogP contribution < -0.4 is 4.74 Å². The van der Waals surface area contributed by atoms with E-state index in [1.54, 1.807) is 0 Å². The summed E-state index contributed by atoms with van der Waals surface area (Å²) in [7, 11) is 0.102. The van der Waals surface area contributed by atoms with Crippen molar-refractivity contribution >= 4 is 16.1 Å². The van der Waals surface area contributed by atoms with Gasteiger partial charge in [-0.2, -0.15) is 17.7 Å². The summed E-state index contributed by atoms with van der Waals surface area (Å²) in [4.78, 5) is 0. The third-order valence-corrected chi connectivity index (χ3v) is 6.14. The molecule has 0 atom stereocenters. The zero-order valence-electron chi connectivity index (χ0n) is 28.2. The molecule has 38 heavy (non-hydrogen) atoms. The average Bonchev–Trinajstić information content (AvgIpc) is 3.17. The number of hydrogen-bond donors (Lipinski definition) is 0. The first kappa shape index (κ1) is 40.0. The quantitative estimate of drug-likeness (QED) is 0.236. The van der Waals surface area contributed by atoms with Gasteiger partial charge in [-0.3, -0.25) is 0 Å². The largest absolute Gasteiger partial charge is 3.00 e. The molecule has 0 aliphatic heterocycles. The molecule has 214 valence electrons. The molecule has 0 aliphatic carbocycles. The van der Waals surface area contributed by atoms with E-state index in [0.29, 0.717) is 0 Å². The molecule has 0 aliphatic rings. The van der Waals surface area contributed by atoms with E-state index in [-0.39, 0.29) is 49.0 Å². The van der Waals surface area contributed by atoms with Crippen molar-refractivity contribution < 1.29 is 37.4 Å². The van der Waals surface area contributed by atoms with E-state index in [4.69, 9.17) is 4.74 Å². The summed E-state index contributed by atoms with van der Waals surface area (Å²) in [5.74, 6) is 1.07.